The minimum absolute atomic E-state index is 0.0976. The lowest BCUT2D eigenvalue weighted by molar-refractivity contribution is 0.0631. The van der Waals surface area contributed by atoms with Gasteiger partial charge in [0, 0.05) is 0 Å². The van der Waals surface area contributed by atoms with Crippen molar-refractivity contribution in [2.24, 2.45) is 11.5 Å². The highest BCUT2D eigenvalue weighted by molar-refractivity contribution is 5.88. The second-order valence-corrected chi connectivity index (χ2v) is 6.06. The molecule has 0 aliphatic rings. The van der Waals surface area contributed by atoms with Crippen LogP contribution in [0.15, 0.2) is 16.5 Å². The number of hydrogen-bond donors (Lipinski definition) is 4. The Balaban J connectivity index is 0.000000472. The molecule has 0 amide bonds. The van der Waals surface area contributed by atoms with E-state index in [0.29, 0.717) is 0 Å². The maximum atomic E-state index is 10.2. The van der Waals surface area contributed by atoms with Gasteiger partial charge in [0.25, 0.3) is 0 Å². The predicted octanol–water partition coefficient (Wildman–Crippen LogP) is 3.83. The molecule has 0 saturated heterocycles. The number of carboxylic acids is 2. The summed E-state index contributed by atoms with van der Waals surface area (Å²) < 4.78 is 4.41. The summed E-state index contributed by atoms with van der Waals surface area (Å²) in [4.78, 5) is 20.3. The number of carbonyl (C=O) groups is 2. The Labute approximate surface area is 149 Å². The minimum atomic E-state index is -1.28. The fourth-order valence-corrected chi connectivity index (χ4v) is 2.26. The van der Waals surface area contributed by atoms with Gasteiger partial charge in [-0.05, 0) is 18.6 Å². The summed E-state index contributed by atoms with van der Waals surface area (Å²) in [6, 6.07) is 2.18. The molecule has 0 spiro atoms. The lowest BCUT2D eigenvalue weighted by Crippen LogP contribution is -2.29. The maximum absolute atomic E-state index is 10.2. The van der Waals surface area contributed by atoms with Gasteiger partial charge in [-0.15, -0.1) is 0 Å². The highest BCUT2D eigenvalue weighted by Gasteiger charge is 2.12. The van der Waals surface area contributed by atoms with E-state index in [0.717, 1.165) is 18.6 Å². The smallest absolute Gasteiger partial charge is 0.371 e. The molecule has 1 rings (SSSR count). The molecule has 0 atom stereocenters. The molecule has 144 valence electrons. The lowest BCUT2D eigenvalue weighted by Gasteiger charge is -2.04. The maximum Gasteiger partial charge on any atom is 0.371 e. The van der Waals surface area contributed by atoms with E-state index in [1.54, 1.807) is 0 Å². The van der Waals surface area contributed by atoms with Crippen molar-refractivity contribution in [3.63, 3.8) is 0 Å². The number of hydrogen-bond acceptors (Lipinski definition) is 5. The van der Waals surface area contributed by atoms with Gasteiger partial charge in [-0.1, -0.05) is 64.7 Å². The normalized spacial score (nSPS) is 10.4. The average Bonchev–Trinajstić information content (AvgIpc) is 3.04. The summed E-state index contributed by atoms with van der Waals surface area (Å²) in [7, 11) is 0. The standard InChI is InChI=1S/C12H28N2.C6H4O5/c1-2-3-4-5-6-7-8-9-10-11-12(13)14;7-5(8)3-1-2-4(11-3)6(9)10/h12H,2-11,13-14H2,1H3;1-2H,(H,7,8)(H,9,10). The molecule has 1 aromatic rings. The van der Waals surface area contributed by atoms with Gasteiger partial charge in [0.1, 0.15) is 0 Å². The Morgan fingerprint density at radius 2 is 1.28 bits per heavy atom. The van der Waals surface area contributed by atoms with Crippen LogP contribution >= 0.6 is 0 Å². The molecule has 1 aromatic heterocycles. The molecule has 0 aliphatic carbocycles. The molecular weight excluding hydrogens is 324 g/mol. The van der Waals surface area contributed by atoms with E-state index in [1.807, 2.05) is 0 Å². The molecule has 25 heavy (non-hydrogen) atoms. The van der Waals surface area contributed by atoms with E-state index in [4.69, 9.17) is 21.7 Å². The highest BCUT2D eigenvalue weighted by Crippen LogP contribution is 2.10. The van der Waals surface area contributed by atoms with Gasteiger partial charge in [-0.3, -0.25) is 0 Å². The number of furan rings is 1. The summed E-state index contributed by atoms with van der Waals surface area (Å²) in [5.41, 5.74) is 10.9. The highest BCUT2D eigenvalue weighted by atomic mass is 16.4. The van der Waals surface area contributed by atoms with Gasteiger partial charge in [-0.2, -0.15) is 0 Å². The first-order chi connectivity index (χ1) is 11.9. The number of nitrogens with two attached hydrogens (primary N) is 2. The predicted molar refractivity (Wildman–Crippen MR) is 96.6 cm³/mol. The van der Waals surface area contributed by atoms with Gasteiger partial charge >= 0.3 is 11.9 Å². The zero-order valence-corrected chi connectivity index (χ0v) is 15.1. The minimum Gasteiger partial charge on any atom is -0.475 e. The monoisotopic (exact) mass is 356 g/mol. The van der Waals surface area contributed by atoms with Crippen molar-refractivity contribution < 1.29 is 24.2 Å². The number of carboxylic acid groups (broad SMARTS) is 2. The van der Waals surface area contributed by atoms with Crippen LogP contribution in [0.2, 0.25) is 0 Å². The summed E-state index contributed by atoms with van der Waals surface area (Å²) in [5, 5.41) is 16.6. The van der Waals surface area contributed by atoms with Crippen LogP contribution in [0.5, 0.6) is 0 Å². The third kappa shape index (κ3) is 13.1. The van der Waals surface area contributed by atoms with Gasteiger partial charge in [-0.25, -0.2) is 9.59 Å². The molecule has 7 heteroatoms. The zero-order chi connectivity index (χ0) is 19.1. The van der Waals surface area contributed by atoms with Crippen molar-refractivity contribution in [1.82, 2.24) is 0 Å². The number of rotatable bonds is 12. The van der Waals surface area contributed by atoms with E-state index in [9.17, 15) is 9.59 Å². The first-order valence-electron chi connectivity index (χ1n) is 8.96. The fraction of sp³-hybridized carbons (Fsp3) is 0.667. The quantitative estimate of drug-likeness (QED) is 0.329. The second kappa shape index (κ2) is 14.5. The third-order valence-electron chi connectivity index (χ3n) is 3.67. The molecule has 0 aliphatic heterocycles. The summed E-state index contributed by atoms with van der Waals surface area (Å²) in [6.45, 7) is 2.26. The molecule has 0 fully saturated rings. The van der Waals surface area contributed by atoms with E-state index < -0.39 is 11.9 Å². The van der Waals surface area contributed by atoms with Crippen molar-refractivity contribution >= 4 is 11.9 Å². The van der Waals surface area contributed by atoms with Crippen LogP contribution in [0, 0.1) is 0 Å². The fourth-order valence-electron chi connectivity index (χ4n) is 2.26. The molecule has 0 unspecified atom stereocenters. The first-order valence-corrected chi connectivity index (χ1v) is 8.96. The Morgan fingerprint density at radius 1 is 0.880 bits per heavy atom. The van der Waals surface area contributed by atoms with Gasteiger partial charge in [0.2, 0.25) is 11.5 Å². The van der Waals surface area contributed by atoms with Gasteiger partial charge in [0.15, 0.2) is 0 Å². The SMILES string of the molecule is CCCCCCCCCCCC(N)N.O=C(O)c1ccc(C(=O)O)o1. The van der Waals surface area contributed by atoms with Crippen LogP contribution in [0.1, 0.15) is 92.2 Å². The van der Waals surface area contributed by atoms with Crippen LogP contribution in [0.4, 0.5) is 0 Å². The molecule has 0 saturated carbocycles. The molecule has 0 aromatic carbocycles. The van der Waals surface area contributed by atoms with Crippen LogP contribution in [0.3, 0.4) is 0 Å². The van der Waals surface area contributed by atoms with Gasteiger partial charge < -0.3 is 26.1 Å². The third-order valence-corrected chi connectivity index (χ3v) is 3.67. The Bertz CT molecular complexity index is 457. The van der Waals surface area contributed by atoms with Crippen LogP contribution in [-0.2, 0) is 0 Å². The van der Waals surface area contributed by atoms with Gasteiger partial charge in [0.05, 0.1) is 6.17 Å². The molecular formula is C18H32N2O5. The molecule has 7 nitrogen and oxygen atoms in total. The van der Waals surface area contributed by atoms with E-state index in [2.05, 4.69) is 11.3 Å². The summed E-state index contributed by atoms with van der Waals surface area (Å²) >= 11 is 0. The topological polar surface area (TPSA) is 140 Å². The van der Waals surface area contributed by atoms with E-state index >= 15 is 0 Å². The first kappa shape index (κ1) is 23.1. The lowest BCUT2D eigenvalue weighted by atomic mass is 10.1. The molecule has 0 bridgehead atoms. The van der Waals surface area contributed by atoms with E-state index in [-0.39, 0.29) is 17.7 Å². The molecule has 0 radical (unpaired) electrons. The number of aromatic carboxylic acids is 2. The van der Waals surface area contributed by atoms with Crippen molar-refractivity contribution in [1.29, 1.82) is 0 Å². The van der Waals surface area contributed by atoms with Crippen molar-refractivity contribution in [3.05, 3.63) is 23.7 Å². The van der Waals surface area contributed by atoms with Crippen LogP contribution in [-0.4, -0.2) is 28.3 Å². The second-order valence-electron chi connectivity index (χ2n) is 6.06. The van der Waals surface area contributed by atoms with Crippen LogP contribution < -0.4 is 11.5 Å². The largest absolute Gasteiger partial charge is 0.475 e. The Morgan fingerprint density at radius 3 is 1.60 bits per heavy atom. The van der Waals surface area contributed by atoms with Crippen molar-refractivity contribution in [2.45, 2.75) is 77.3 Å². The Hall–Kier alpha value is -1.86. The Kier molecular flexibility index (Phi) is 13.4. The zero-order valence-electron chi connectivity index (χ0n) is 15.1. The van der Waals surface area contributed by atoms with Crippen LogP contribution in [0.25, 0.3) is 0 Å². The van der Waals surface area contributed by atoms with E-state index in [1.165, 1.54) is 57.8 Å². The summed E-state index contributed by atoms with van der Waals surface area (Å²) in [5.74, 6) is -3.31. The molecule has 6 N–H and O–H groups in total. The average molecular weight is 356 g/mol. The summed E-state index contributed by atoms with van der Waals surface area (Å²) in [6.07, 6.45) is 13.1. The van der Waals surface area contributed by atoms with Crippen molar-refractivity contribution in [2.75, 3.05) is 0 Å². The number of unbranched alkanes of at least 4 members (excludes halogenated alkanes) is 8. The van der Waals surface area contributed by atoms with Crippen molar-refractivity contribution in [3.8, 4) is 0 Å². The molecule has 1 heterocycles.